The third-order valence-corrected chi connectivity index (χ3v) is 3.18. The quantitative estimate of drug-likeness (QED) is 0.942. The first-order chi connectivity index (χ1) is 8.95. The molecule has 0 aliphatic heterocycles. The molecule has 0 saturated heterocycles. The van der Waals surface area contributed by atoms with Crippen LogP contribution in [0, 0.1) is 0 Å². The van der Waals surface area contributed by atoms with Crippen molar-refractivity contribution in [1.82, 2.24) is 15.0 Å². The minimum absolute atomic E-state index is 0.199. The molecule has 0 bridgehead atoms. The fourth-order valence-electron chi connectivity index (χ4n) is 1.63. The first-order valence-electron chi connectivity index (χ1n) is 5.90. The van der Waals surface area contributed by atoms with Gasteiger partial charge in [0.1, 0.15) is 11.6 Å². The summed E-state index contributed by atoms with van der Waals surface area (Å²) >= 11 is 12.0. The van der Waals surface area contributed by atoms with Crippen LogP contribution in [0.25, 0.3) is 0 Å². The minimum atomic E-state index is 0.199. The van der Waals surface area contributed by atoms with E-state index in [1.54, 1.807) is 12.1 Å². The van der Waals surface area contributed by atoms with Gasteiger partial charge in [-0.25, -0.2) is 4.98 Å². The van der Waals surface area contributed by atoms with E-state index >= 15 is 0 Å². The zero-order valence-corrected chi connectivity index (χ0v) is 12.2. The number of benzene rings is 1. The van der Waals surface area contributed by atoms with Crippen LogP contribution in [0.15, 0.2) is 18.2 Å². The summed E-state index contributed by atoms with van der Waals surface area (Å²) in [7, 11) is 0. The first-order valence-corrected chi connectivity index (χ1v) is 6.65. The molecule has 2 N–H and O–H groups in total. The molecule has 2 aromatic rings. The molecule has 1 aromatic heterocycles. The largest absolute Gasteiger partial charge is 0.368 e. The van der Waals surface area contributed by atoms with Crippen LogP contribution in [0.3, 0.4) is 0 Å². The van der Waals surface area contributed by atoms with Crippen molar-refractivity contribution in [3.63, 3.8) is 0 Å². The first kappa shape index (κ1) is 14.0. The highest BCUT2D eigenvalue weighted by atomic mass is 35.5. The second kappa shape index (κ2) is 5.72. The SMILES string of the molecule is CC(C)c1nc(N)nc(Cc2ccc(Cl)cc2Cl)n1. The zero-order chi connectivity index (χ0) is 14.0. The molecule has 1 heterocycles. The highest BCUT2D eigenvalue weighted by molar-refractivity contribution is 6.35. The van der Waals surface area contributed by atoms with E-state index in [-0.39, 0.29) is 11.9 Å². The maximum Gasteiger partial charge on any atom is 0.223 e. The number of hydrogen-bond donors (Lipinski definition) is 1. The van der Waals surface area contributed by atoms with Crippen LogP contribution in [0.1, 0.15) is 37.0 Å². The molecule has 19 heavy (non-hydrogen) atoms. The van der Waals surface area contributed by atoms with Crippen molar-refractivity contribution in [3.05, 3.63) is 45.5 Å². The van der Waals surface area contributed by atoms with Gasteiger partial charge in [-0.15, -0.1) is 0 Å². The zero-order valence-electron chi connectivity index (χ0n) is 10.7. The minimum Gasteiger partial charge on any atom is -0.368 e. The van der Waals surface area contributed by atoms with Crippen LogP contribution in [-0.4, -0.2) is 15.0 Å². The van der Waals surface area contributed by atoms with E-state index in [1.165, 1.54) is 0 Å². The summed E-state index contributed by atoms with van der Waals surface area (Å²) in [6.45, 7) is 4.02. The number of hydrogen-bond acceptors (Lipinski definition) is 4. The van der Waals surface area contributed by atoms with Gasteiger partial charge in [0.2, 0.25) is 5.95 Å². The average molecular weight is 297 g/mol. The normalized spacial score (nSPS) is 11.0. The molecule has 4 nitrogen and oxygen atoms in total. The summed E-state index contributed by atoms with van der Waals surface area (Å²) in [5, 5.41) is 1.20. The van der Waals surface area contributed by atoms with Crippen LogP contribution in [-0.2, 0) is 6.42 Å². The van der Waals surface area contributed by atoms with Gasteiger partial charge >= 0.3 is 0 Å². The Balaban J connectivity index is 2.32. The number of nitrogens with zero attached hydrogens (tertiary/aromatic N) is 3. The van der Waals surface area contributed by atoms with Crippen molar-refractivity contribution in [2.75, 3.05) is 5.73 Å². The summed E-state index contributed by atoms with van der Waals surface area (Å²) < 4.78 is 0. The predicted molar refractivity (Wildman–Crippen MR) is 77.6 cm³/mol. The Hall–Kier alpha value is -1.39. The highest BCUT2D eigenvalue weighted by Gasteiger charge is 2.10. The Bertz CT molecular complexity index is 599. The van der Waals surface area contributed by atoms with E-state index in [0.29, 0.717) is 28.1 Å². The summed E-state index contributed by atoms with van der Waals surface area (Å²) in [6.07, 6.45) is 0.502. The monoisotopic (exact) mass is 296 g/mol. The van der Waals surface area contributed by atoms with Crippen LogP contribution >= 0.6 is 23.2 Å². The molecule has 2 rings (SSSR count). The Morgan fingerprint density at radius 3 is 2.53 bits per heavy atom. The van der Waals surface area contributed by atoms with E-state index < -0.39 is 0 Å². The average Bonchev–Trinajstić information content (AvgIpc) is 2.32. The van der Waals surface area contributed by atoms with Gasteiger partial charge in [-0.05, 0) is 17.7 Å². The molecule has 0 saturated carbocycles. The molecule has 0 aliphatic rings. The van der Waals surface area contributed by atoms with E-state index in [1.807, 2.05) is 19.9 Å². The maximum absolute atomic E-state index is 6.13. The number of anilines is 1. The third-order valence-electron chi connectivity index (χ3n) is 2.60. The number of aromatic nitrogens is 3. The number of halogens is 2. The van der Waals surface area contributed by atoms with E-state index in [2.05, 4.69) is 15.0 Å². The molecule has 0 atom stereocenters. The lowest BCUT2D eigenvalue weighted by Gasteiger charge is -2.08. The Kier molecular flexibility index (Phi) is 4.22. The van der Waals surface area contributed by atoms with Crippen molar-refractivity contribution in [1.29, 1.82) is 0 Å². The summed E-state index contributed by atoms with van der Waals surface area (Å²) in [6, 6.07) is 5.35. The molecule has 0 unspecified atom stereocenters. The molecule has 0 spiro atoms. The second-order valence-corrected chi connectivity index (χ2v) is 5.38. The number of nitrogen functional groups attached to an aromatic ring is 1. The molecule has 0 amide bonds. The van der Waals surface area contributed by atoms with Gasteiger partial charge < -0.3 is 5.73 Å². The van der Waals surface area contributed by atoms with E-state index in [4.69, 9.17) is 28.9 Å². The molecular formula is C13H14Cl2N4. The molecule has 1 aromatic carbocycles. The van der Waals surface area contributed by atoms with E-state index in [0.717, 1.165) is 5.56 Å². The van der Waals surface area contributed by atoms with Gasteiger partial charge in [-0.2, -0.15) is 9.97 Å². The lowest BCUT2D eigenvalue weighted by molar-refractivity contribution is 0.743. The highest BCUT2D eigenvalue weighted by Crippen LogP contribution is 2.23. The molecular weight excluding hydrogens is 283 g/mol. The van der Waals surface area contributed by atoms with Crippen molar-refractivity contribution < 1.29 is 0 Å². The van der Waals surface area contributed by atoms with Crippen molar-refractivity contribution in [2.45, 2.75) is 26.2 Å². The predicted octanol–water partition coefficient (Wildman–Crippen LogP) is 3.47. The Morgan fingerprint density at radius 1 is 1.16 bits per heavy atom. The molecule has 0 aliphatic carbocycles. The lowest BCUT2D eigenvalue weighted by Crippen LogP contribution is -2.09. The standard InChI is InChI=1S/C13H14Cl2N4/c1-7(2)12-17-11(18-13(16)19-12)5-8-3-4-9(14)6-10(8)15/h3-4,6-7H,5H2,1-2H3,(H2,16,17,18,19). The van der Waals surface area contributed by atoms with Crippen LogP contribution in [0.5, 0.6) is 0 Å². The molecule has 0 radical (unpaired) electrons. The van der Waals surface area contributed by atoms with Crippen molar-refractivity contribution >= 4 is 29.2 Å². The fourth-order valence-corrected chi connectivity index (χ4v) is 2.10. The summed E-state index contributed by atoms with van der Waals surface area (Å²) in [5.41, 5.74) is 6.61. The smallest absolute Gasteiger partial charge is 0.223 e. The molecule has 100 valence electrons. The fraction of sp³-hybridized carbons (Fsp3) is 0.308. The van der Waals surface area contributed by atoms with Gasteiger partial charge in [0.15, 0.2) is 0 Å². The van der Waals surface area contributed by atoms with Gasteiger partial charge in [0.25, 0.3) is 0 Å². The second-order valence-electron chi connectivity index (χ2n) is 4.54. The van der Waals surface area contributed by atoms with Crippen LogP contribution < -0.4 is 5.73 Å². The summed E-state index contributed by atoms with van der Waals surface area (Å²) in [4.78, 5) is 12.7. The topological polar surface area (TPSA) is 64.7 Å². The molecule has 0 fully saturated rings. The van der Waals surface area contributed by atoms with Gasteiger partial charge in [0, 0.05) is 22.4 Å². The van der Waals surface area contributed by atoms with Crippen LogP contribution in [0.2, 0.25) is 10.0 Å². The number of rotatable bonds is 3. The number of nitrogens with two attached hydrogens (primary N) is 1. The van der Waals surface area contributed by atoms with Crippen molar-refractivity contribution in [2.24, 2.45) is 0 Å². The van der Waals surface area contributed by atoms with Crippen LogP contribution in [0.4, 0.5) is 5.95 Å². The van der Waals surface area contributed by atoms with Gasteiger partial charge in [0.05, 0.1) is 0 Å². The van der Waals surface area contributed by atoms with Gasteiger partial charge in [-0.1, -0.05) is 43.1 Å². The Morgan fingerprint density at radius 2 is 1.89 bits per heavy atom. The third kappa shape index (κ3) is 3.55. The Labute approximate surface area is 122 Å². The maximum atomic E-state index is 6.13. The van der Waals surface area contributed by atoms with Crippen molar-refractivity contribution in [3.8, 4) is 0 Å². The lowest BCUT2D eigenvalue weighted by atomic mass is 10.1. The molecule has 6 heteroatoms. The summed E-state index contributed by atoms with van der Waals surface area (Å²) in [5.74, 6) is 1.73. The van der Waals surface area contributed by atoms with E-state index in [9.17, 15) is 0 Å². The van der Waals surface area contributed by atoms with Gasteiger partial charge in [-0.3, -0.25) is 0 Å².